The van der Waals surface area contributed by atoms with Crippen LogP contribution >= 0.6 is 11.3 Å². The molecule has 3 aromatic rings. The van der Waals surface area contributed by atoms with Crippen LogP contribution in [0.4, 0.5) is 0 Å². The maximum atomic E-state index is 13.2. The van der Waals surface area contributed by atoms with Crippen molar-refractivity contribution in [2.24, 2.45) is 4.99 Å². The van der Waals surface area contributed by atoms with Crippen LogP contribution in [0.1, 0.15) is 24.3 Å². The monoisotopic (exact) mass is 406 g/mol. The van der Waals surface area contributed by atoms with Crippen LogP contribution in [0.15, 0.2) is 80.3 Å². The van der Waals surface area contributed by atoms with E-state index in [1.165, 1.54) is 23.0 Å². The molecule has 4 rings (SSSR count). The molecule has 3 heterocycles. The first-order valence-electron chi connectivity index (χ1n) is 8.96. The number of carbonyl (C=O) groups excluding carboxylic acids is 1. The topological polar surface area (TPSA) is 73.8 Å². The van der Waals surface area contributed by atoms with E-state index < -0.39 is 12.0 Å². The van der Waals surface area contributed by atoms with Gasteiger partial charge in [0.05, 0.1) is 35.2 Å². The summed E-state index contributed by atoms with van der Waals surface area (Å²) in [6, 6.07) is 12.6. The second-order valence-corrected chi connectivity index (χ2v) is 7.41. The number of allylic oxidation sites excluding steroid dienone is 2. The molecule has 2 aromatic heterocycles. The molecule has 0 saturated carbocycles. The van der Waals surface area contributed by atoms with Crippen LogP contribution in [0.5, 0.6) is 0 Å². The second-order valence-electron chi connectivity index (χ2n) is 6.40. The van der Waals surface area contributed by atoms with Gasteiger partial charge in [0.25, 0.3) is 5.56 Å². The predicted molar refractivity (Wildman–Crippen MR) is 111 cm³/mol. The highest BCUT2D eigenvalue weighted by Gasteiger charge is 2.30. The fraction of sp³-hybridized carbons (Fsp3) is 0.136. The number of rotatable bonds is 4. The number of fused-ring (bicyclic) bond motifs is 1. The second kappa shape index (κ2) is 7.89. The van der Waals surface area contributed by atoms with Crippen molar-refractivity contribution in [3.8, 4) is 0 Å². The highest BCUT2D eigenvalue weighted by Crippen LogP contribution is 2.26. The number of ether oxygens (including phenoxy) is 1. The van der Waals surface area contributed by atoms with Gasteiger partial charge >= 0.3 is 5.97 Å². The van der Waals surface area contributed by atoms with Gasteiger partial charge < -0.3 is 9.15 Å². The van der Waals surface area contributed by atoms with E-state index in [0.29, 0.717) is 26.4 Å². The third kappa shape index (κ3) is 3.64. The molecule has 0 saturated heterocycles. The molecule has 1 aliphatic heterocycles. The van der Waals surface area contributed by atoms with E-state index in [-0.39, 0.29) is 5.56 Å². The molecule has 0 fully saturated rings. The number of esters is 1. The summed E-state index contributed by atoms with van der Waals surface area (Å²) in [5.74, 6) is 0.0739. The summed E-state index contributed by atoms with van der Waals surface area (Å²) in [4.78, 5) is 30.6. The zero-order valence-corrected chi connectivity index (χ0v) is 16.7. The molecule has 1 aromatic carbocycles. The largest absolute Gasteiger partial charge is 0.466 e. The minimum atomic E-state index is -0.613. The Morgan fingerprint density at radius 3 is 2.72 bits per heavy atom. The molecule has 0 N–H and O–H groups in total. The molecule has 0 bridgehead atoms. The molecule has 6 nitrogen and oxygen atoms in total. The Bertz CT molecular complexity index is 1280. The number of nitrogens with zero attached hydrogens (tertiary/aromatic N) is 2. The Morgan fingerprint density at radius 2 is 2.03 bits per heavy atom. The molecule has 1 aliphatic rings. The van der Waals surface area contributed by atoms with Crippen molar-refractivity contribution in [2.75, 3.05) is 7.11 Å². The molecule has 29 heavy (non-hydrogen) atoms. The molecule has 146 valence electrons. The standard InChI is InChI=1S/C22H18N2O4S/c1-14-19(21(26)27-2)17(11-10-15-7-4-3-5-8-15)24-20(25)18(29-22(24)23-14)13-16-9-6-12-28-16/h3-13,17H,1-2H3/b11-10+,18-13?/t17-/m1/s1. The smallest absolute Gasteiger partial charge is 0.338 e. The molecular formula is C22H18N2O4S. The van der Waals surface area contributed by atoms with E-state index in [1.807, 2.05) is 42.5 Å². The Morgan fingerprint density at radius 1 is 1.24 bits per heavy atom. The van der Waals surface area contributed by atoms with Gasteiger partial charge in [-0.3, -0.25) is 9.36 Å². The molecular weight excluding hydrogens is 388 g/mol. The summed E-state index contributed by atoms with van der Waals surface area (Å²) in [5.41, 5.74) is 1.60. The predicted octanol–water partition coefficient (Wildman–Crippen LogP) is 2.67. The number of methoxy groups -OCH3 is 1. The SMILES string of the molecule is COC(=O)C1=C(C)N=c2sc(=Cc3ccco3)c(=O)n2[C@@H]1/C=C/c1ccccc1. The zero-order chi connectivity index (χ0) is 20.4. The number of thiazole rings is 1. The summed E-state index contributed by atoms with van der Waals surface area (Å²) in [6.07, 6.45) is 6.94. The molecule has 0 radical (unpaired) electrons. The van der Waals surface area contributed by atoms with Crippen LogP contribution < -0.4 is 14.9 Å². The minimum absolute atomic E-state index is 0.234. The number of carbonyl (C=O) groups is 1. The summed E-state index contributed by atoms with van der Waals surface area (Å²) in [7, 11) is 1.32. The number of hydrogen-bond acceptors (Lipinski definition) is 6. The van der Waals surface area contributed by atoms with Crippen LogP contribution in [0, 0.1) is 0 Å². The van der Waals surface area contributed by atoms with E-state index in [1.54, 1.807) is 31.4 Å². The highest BCUT2D eigenvalue weighted by atomic mass is 32.1. The Labute approximate surface area is 170 Å². The lowest BCUT2D eigenvalue weighted by Gasteiger charge is -2.21. The number of aromatic nitrogens is 1. The molecule has 0 aliphatic carbocycles. The van der Waals surface area contributed by atoms with Gasteiger partial charge in [-0.1, -0.05) is 53.8 Å². The van der Waals surface area contributed by atoms with Gasteiger partial charge in [0.2, 0.25) is 0 Å². The Kier molecular flexibility index (Phi) is 5.14. The minimum Gasteiger partial charge on any atom is -0.466 e. The normalized spacial score (nSPS) is 16.8. The van der Waals surface area contributed by atoms with Crippen LogP contribution in [0.2, 0.25) is 0 Å². The lowest BCUT2D eigenvalue weighted by molar-refractivity contribution is -0.136. The number of hydrogen-bond donors (Lipinski definition) is 0. The van der Waals surface area contributed by atoms with Crippen LogP contribution in [0.3, 0.4) is 0 Å². The van der Waals surface area contributed by atoms with E-state index in [0.717, 1.165) is 5.56 Å². The van der Waals surface area contributed by atoms with E-state index >= 15 is 0 Å². The molecule has 0 spiro atoms. The molecule has 0 amide bonds. The Balaban J connectivity index is 1.89. The van der Waals surface area contributed by atoms with Crippen LogP contribution in [0.25, 0.3) is 12.2 Å². The van der Waals surface area contributed by atoms with Crippen molar-refractivity contribution in [1.29, 1.82) is 0 Å². The van der Waals surface area contributed by atoms with Crippen LogP contribution in [-0.4, -0.2) is 17.6 Å². The average Bonchev–Trinajstić information content (AvgIpc) is 3.34. The van der Waals surface area contributed by atoms with E-state index in [9.17, 15) is 9.59 Å². The number of benzene rings is 1. The maximum Gasteiger partial charge on any atom is 0.338 e. The summed E-state index contributed by atoms with van der Waals surface area (Å²) < 4.78 is 12.3. The van der Waals surface area contributed by atoms with Gasteiger partial charge in [0, 0.05) is 6.08 Å². The summed E-state index contributed by atoms with van der Waals surface area (Å²) in [5, 5.41) is 0. The van der Waals surface area contributed by atoms with Crippen molar-refractivity contribution < 1.29 is 13.9 Å². The first-order chi connectivity index (χ1) is 14.1. The fourth-order valence-corrected chi connectivity index (χ4v) is 4.22. The van der Waals surface area contributed by atoms with Gasteiger partial charge in [-0.15, -0.1) is 0 Å². The lowest BCUT2D eigenvalue weighted by Crippen LogP contribution is -2.38. The zero-order valence-electron chi connectivity index (χ0n) is 15.9. The third-order valence-corrected chi connectivity index (χ3v) is 5.54. The quantitative estimate of drug-likeness (QED) is 0.625. The summed E-state index contributed by atoms with van der Waals surface area (Å²) >= 11 is 1.26. The van der Waals surface area contributed by atoms with Crippen molar-refractivity contribution in [1.82, 2.24) is 4.57 Å². The van der Waals surface area contributed by atoms with Gasteiger partial charge in [0.15, 0.2) is 4.80 Å². The average molecular weight is 406 g/mol. The van der Waals surface area contributed by atoms with Crippen molar-refractivity contribution >= 4 is 29.5 Å². The van der Waals surface area contributed by atoms with Crippen LogP contribution in [-0.2, 0) is 9.53 Å². The maximum absolute atomic E-state index is 13.2. The van der Waals surface area contributed by atoms with Crippen molar-refractivity contribution in [3.05, 3.63) is 97.1 Å². The highest BCUT2D eigenvalue weighted by molar-refractivity contribution is 7.07. The van der Waals surface area contributed by atoms with Gasteiger partial charge in [-0.05, 0) is 24.6 Å². The number of furan rings is 1. The summed E-state index contributed by atoms with van der Waals surface area (Å²) in [6.45, 7) is 1.75. The van der Waals surface area contributed by atoms with Gasteiger partial charge in [0.1, 0.15) is 5.76 Å². The fourth-order valence-electron chi connectivity index (χ4n) is 3.19. The molecule has 0 unspecified atom stereocenters. The van der Waals surface area contributed by atoms with E-state index in [2.05, 4.69) is 4.99 Å². The Hall–Kier alpha value is -3.45. The van der Waals surface area contributed by atoms with E-state index in [4.69, 9.17) is 9.15 Å². The first-order valence-corrected chi connectivity index (χ1v) is 9.78. The van der Waals surface area contributed by atoms with Gasteiger partial charge in [-0.25, -0.2) is 9.79 Å². The van der Waals surface area contributed by atoms with Gasteiger partial charge in [-0.2, -0.15) is 0 Å². The molecule has 1 atom stereocenters. The van der Waals surface area contributed by atoms with Crippen molar-refractivity contribution in [2.45, 2.75) is 13.0 Å². The third-order valence-electron chi connectivity index (χ3n) is 4.56. The lowest BCUT2D eigenvalue weighted by atomic mass is 10.0. The van der Waals surface area contributed by atoms with Crippen molar-refractivity contribution in [3.63, 3.8) is 0 Å². The first kappa shape index (κ1) is 18.9. The molecule has 7 heteroatoms.